The number of hydrogen-bond donors (Lipinski definition) is 2. The summed E-state index contributed by atoms with van der Waals surface area (Å²) in [5, 5.41) is 10.4. The Bertz CT molecular complexity index is 1460. The van der Waals surface area contributed by atoms with E-state index in [1.54, 1.807) is 19.1 Å². The minimum Gasteiger partial charge on any atom is -0.400 e. The largest absolute Gasteiger partial charge is 0.400 e. The van der Waals surface area contributed by atoms with E-state index in [4.69, 9.17) is 10.1 Å². The summed E-state index contributed by atoms with van der Waals surface area (Å²) in [5.74, 6) is 0.603. The number of piperazine rings is 1. The number of carbonyl (C=O) groups excluding carboxylic acids is 3. The molecular formula is C37H51N5O4. The number of aliphatic hydroxyl groups is 1. The van der Waals surface area contributed by atoms with Crippen LogP contribution in [0.1, 0.15) is 67.4 Å². The third-order valence-corrected chi connectivity index (χ3v) is 7.64. The second-order valence-electron chi connectivity index (χ2n) is 10.5. The van der Waals surface area contributed by atoms with Crippen molar-refractivity contribution >= 4 is 40.8 Å². The number of carbonyl (C=O) groups is 3. The van der Waals surface area contributed by atoms with Crippen LogP contribution in [-0.4, -0.2) is 91.3 Å². The van der Waals surface area contributed by atoms with Crippen LogP contribution in [0.5, 0.6) is 0 Å². The average Bonchev–Trinajstić information content (AvgIpc) is 3.52. The molecule has 1 aromatic heterocycles. The lowest BCUT2D eigenvalue weighted by molar-refractivity contribution is -0.120. The average molecular weight is 630 g/mol. The van der Waals surface area contributed by atoms with Crippen molar-refractivity contribution in [3.05, 3.63) is 88.6 Å². The molecule has 3 aromatic rings. The van der Waals surface area contributed by atoms with Gasteiger partial charge in [0.15, 0.2) is 5.78 Å². The molecule has 0 bridgehead atoms. The first-order chi connectivity index (χ1) is 22.3. The summed E-state index contributed by atoms with van der Waals surface area (Å²) in [6.45, 7) is 16.2. The van der Waals surface area contributed by atoms with E-state index in [1.807, 2.05) is 88.0 Å². The zero-order chi connectivity index (χ0) is 34.2. The van der Waals surface area contributed by atoms with E-state index < -0.39 is 0 Å². The molecule has 3 heterocycles. The molecule has 9 heteroatoms. The molecule has 9 nitrogen and oxygen atoms in total. The quantitative estimate of drug-likeness (QED) is 0.189. The molecule has 2 aliphatic heterocycles. The van der Waals surface area contributed by atoms with Crippen LogP contribution in [0.3, 0.4) is 0 Å². The maximum atomic E-state index is 13.2. The summed E-state index contributed by atoms with van der Waals surface area (Å²) in [5.41, 5.74) is 5.87. The third kappa shape index (κ3) is 9.66. The van der Waals surface area contributed by atoms with Crippen LogP contribution in [0.25, 0.3) is 11.3 Å². The highest BCUT2D eigenvalue weighted by atomic mass is 16.2. The summed E-state index contributed by atoms with van der Waals surface area (Å²) in [6, 6.07) is 18.8. The van der Waals surface area contributed by atoms with E-state index in [1.165, 1.54) is 0 Å². The summed E-state index contributed by atoms with van der Waals surface area (Å²) >= 11 is 0. The SMILES string of the molecule is CC.CC.CC(=O)/C(=C(\Nc1ccc2c(n1)CCN2C(=O)CN1CCN(C)CC1)c1ccccc1)c1ccc(C=O)cc1C.CO. The normalized spacial score (nSPS) is 14.6. The maximum absolute atomic E-state index is 13.2. The summed E-state index contributed by atoms with van der Waals surface area (Å²) < 4.78 is 0. The summed E-state index contributed by atoms with van der Waals surface area (Å²) in [7, 11) is 3.11. The number of nitrogens with zero attached hydrogens (tertiary/aromatic N) is 4. The molecule has 0 saturated carbocycles. The van der Waals surface area contributed by atoms with Crippen LogP contribution in [0.15, 0.2) is 60.7 Å². The maximum Gasteiger partial charge on any atom is 0.241 e. The second kappa shape index (κ2) is 19.4. The molecule has 248 valence electrons. The van der Waals surface area contributed by atoms with E-state index in [9.17, 15) is 14.4 Å². The number of fused-ring (bicyclic) bond motifs is 1. The van der Waals surface area contributed by atoms with Crippen molar-refractivity contribution in [3.8, 4) is 0 Å². The molecular weight excluding hydrogens is 578 g/mol. The van der Waals surface area contributed by atoms with Crippen molar-refractivity contribution in [2.24, 2.45) is 0 Å². The molecule has 5 rings (SSSR count). The number of benzene rings is 2. The number of hydrogen-bond acceptors (Lipinski definition) is 8. The molecule has 1 amide bonds. The van der Waals surface area contributed by atoms with Gasteiger partial charge in [-0.15, -0.1) is 0 Å². The number of aliphatic hydroxyl groups excluding tert-OH is 1. The molecule has 1 saturated heterocycles. The number of aldehydes is 1. The van der Waals surface area contributed by atoms with Crippen molar-refractivity contribution in [1.82, 2.24) is 14.8 Å². The molecule has 46 heavy (non-hydrogen) atoms. The number of ketones is 1. The fourth-order valence-corrected chi connectivity index (χ4v) is 5.43. The highest BCUT2D eigenvalue weighted by Crippen LogP contribution is 2.33. The number of rotatable bonds is 8. The van der Waals surface area contributed by atoms with Gasteiger partial charge in [-0.05, 0) is 55.8 Å². The van der Waals surface area contributed by atoms with Crippen molar-refractivity contribution in [2.75, 3.05) is 63.6 Å². The standard InChI is InChI=1S/C32H35N5O3.2C2H6.CH4O/c1-22-19-24(21-38)9-10-26(22)31(23(2)39)32(25-7-5-4-6-8-25)34-29-12-11-28-27(33-29)13-14-37(28)30(40)20-36-17-15-35(3)16-18-36;3*1-2/h4-12,19,21H,13-18,20H2,1-3H3,(H,33,34);2*1-2H3;2H,1H3/b32-31+;;;. The van der Waals surface area contributed by atoms with Gasteiger partial charge in [0.1, 0.15) is 12.1 Å². The van der Waals surface area contributed by atoms with Gasteiger partial charge in [0.2, 0.25) is 5.91 Å². The molecule has 2 aromatic carbocycles. The Kier molecular flexibility index (Phi) is 16.0. The molecule has 0 radical (unpaired) electrons. The van der Waals surface area contributed by atoms with Crippen molar-refractivity contribution < 1.29 is 19.5 Å². The molecule has 1 fully saturated rings. The number of allylic oxidation sites excluding steroid dienone is 1. The lowest BCUT2D eigenvalue weighted by atomic mass is 9.92. The van der Waals surface area contributed by atoms with E-state index in [0.717, 1.165) is 67.6 Å². The van der Waals surface area contributed by atoms with Gasteiger partial charge in [-0.3, -0.25) is 19.3 Å². The first kappa shape index (κ1) is 38.0. The van der Waals surface area contributed by atoms with Crippen LogP contribution >= 0.6 is 0 Å². The zero-order valence-electron chi connectivity index (χ0n) is 28.8. The van der Waals surface area contributed by atoms with Gasteiger partial charge < -0.3 is 20.2 Å². The number of amides is 1. The first-order valence-corrected chi connectivity index (χ1v) is 16.1. The van der Waals surface area contributed by atoms with Crippen LogP contribution < -0.4 is 10.2 Å². The minimum atomic E-state index is -0.102. The predicted octanol–water partition coefficient (Wildman–Crippen LogP) is 5.57. The van der Waals surface area contributed by atoms with E-state index in [-0.39, 0.29) is 11.7 Å². The Labute approximate surface area is 274 Å². The predicted molar refractivity (Wildman–Crippen MR) is 189 cm³/mol. The van der Waals surface area contributed by atoms with E-state index in [2.05, 4.69) is 22.2 Å². The number of Topliss-reactive ketones (excluding diaryl/α,β-unsaturated/α-hetero) is 1. The highest BCUT2D eigenvalue weighted by Gasteiger charge is 2.28. The van der Waals surface area contributed by atoms with Gasteiger partial charge in [-0.1, -0.05) is 70.2 Å². The monoisotopic (exact) mass is 629 g/mol. The summed E-state index contributed by atoms with van der Waals surface area (Å²) in [4.78, 5) is 48.8. The topological polar surface area (TPSA) is 106 Å². The van der Waals surface area contributed by atoms with Gasteiger partial charge in [0, 0.05) is 57.4 Å². The van der Waals surface area contributed by atoms with Crippen LogP contribution in [0.2, 0.25) is 0 Å². The Balaban J connectivity index is 0.00000116. The minimum absolute atomic E-state index is 0.101. The van der Waals surface area contributed by atoms with Crippen LogP contribution in [0, 0.1) is 6.92 Å². The number of likely N-dealkylation sites (N-methyl/N-ethyl adjacent to an activating group) is 1. The molecule has 0 spiro atoms. The lowest BCUT2D eigenvalue weighted by Crippen LogP contribution is -2.48. The van der Waals surface area contributed by atoms with Crippen LogP contribution in [-0.2, 0) is 16.0 Å². The number of aromatic nitrogens is 1. The number of aryl methyl sites for hydroxylation is 1. The van der Waals surface area contributed by atoms with Crippen molar-refractivity contribution in [3.63, 3.8) is 0 Å². The van der Waals surface area contributed by atoms with Crippen LogP contribution in [0.4, 0.5) is 11.5 Å². The summed E-state index contributed by atoms with van der Waals surface area (Å²) in [6.07, 6.45) is 1.48. The van der Waals surface area contributed by atoms with E-state index in [0.29, 0.717) is 42.2 Å². The third-order valence-electron chi connectivity index (χ3n) is 7.64. The fourth-order valence-electron chi connectivity index (χ4n) is 5.43. The second-order valence-corrected chi connectivity index (χ2v) is 10.5. The Morgan fingerprint density at radius 2 is 1.57 bits per heavy atom. The molecule has 0 atom stereocenters. The fraction of sp³-hybridized carbons (Fsp3) is 0.405. The van der Waals surface area contributed by atoms with Crippen molar-refractivity contribution in [2.45, 2.75) is 48.0 Å². The number of nitrogens with one attached hydrogen (secondary N) is 1. The van der Waals surface area contributed by atoms with Crippen molar-refractivity contribution in [1.29, 1.82) is 0 Å². The highest BCUT2D eigenvalue weighted by molar-refractivity contribution is 6.28. The first-order valence-electron chi connectivity index (χ1n) is 16.1. The lowest BCUT2D eigenvalue weighted by Gasteiger charge is -2.32. The Morgan fingerprint density at radius 1 is 0.913 bits per heavy atom. The molecule has 2 aliphatic rings. The molecule has 0 aliphatic carbocycles. The molecule has 0 unspecified atom stereocenters. The number of anilines is 2. The molecule has 2 N–H and O–H groups in total. The smallest absolute Gasteiger partial charge is 0.241 e. The van der Waals surface area contributed by atoms with Gasteiger partial charge in [0.05, 0.1) is 23.6 Å². The van der Waals surface area contributed by atoms with Gasteiger partial charge in [0.25, 0.3) is 0 Å². The Hall–Kier alpha value is -4.18. The number of pyridine rings is 1. The van der Waals surface area contributed by atoms with Gasteiger partial charge >= 0.3 is 0 Å². The Morgan fingerprint density at radius 3 is 2.15 bits per heavy atom. The van der Waals surface area contributed by atoms with E-state index >= 15 is 0 Å². The van der Waals surface area contributed by atoms with Gasteiger partial charge in [-0.2, -0.15) is 0 Å². The van der Waals surface area contributed by atoms with Gasteiger partial charge in [-0.25, -0.2) is 4.98 Å². The zero-order valence-corrected chi connectivity index (χ0v) is 28.8.